The second-order valence-corrected chi connectivity index (χ2v) is 1.40. The van der Waals surface area contributed by atoms with E-state index in [2.05, 4.69) is 4.65 Å². The third kappa shape index (κ3) is 7.32. The molecular weight excluding hydrogens is 136 g/mol. The van der Waals surface area contributed by atoms with Crippen molar-refractivity contribution in [2.75, 3.05) is 0 Å². The quantitative estimate of drug-likeness (QED) is 0.493. The SMILES string of the molecule is CC(=O)OBC(F)(F)F. The molecule has 0 aromatic carbocycles. The van der Waals surface area contributed by atoms with Gasteiger partial charge in [0.15, 0.2) is 0 Å². The molecule has 0 aromatic rings. The number of carbonyl (C=O) groups excluding carboxylic acids is 1. The van der Waals surface area contributed by atoms with E-state index < -0.39 is 19.5 Å². The molecule has 0 fully saturated rings. The van der Waals surface area contributed by atoms with Crippen molar-refractivity contribution in [3.05, 3.63) is 0 Å². The minimum Gasteiger partial charge on any atom is -0.529 e. The number of hydrogen-bond donors (Lipinski definition) is 0. The lowest BCUT2D eigenvalue weighted by Gasteiger charge is -2.02. The molecule has 2 nitrogen and oxygen atoms in total. The van der Waals surface area contributed by atoms with Crippen LogP contribution in [0.25, 0.3) is 0 Å². The van der Waals surface area contributed by atoms with E-state index in [1.165, 1.54) is 0 Å². The molecule has 0 saturated heterocycles. The summed E-state index contributed by atoms with van der Waals surface area (Å²) in [4.78, 5) is 9.77. The molecule has 0 unspecified atom stereocenters. The maximum atomic E-state index is 11.1. The number of alkyl halides is 3. The average Bonchev–Trinajstić information content (AvgIpc) is 1.59. The van der Waals surface area contributed by atoms with Gasteiger partial charge in [-0.05, 0) is 0 Å². The standard InChI is InChI=1S/C3H4BF3O2/c1-2(8)9-4-3(5,6)7/h4H,1H3. The Labute approximate surface area is 50.3 Å². The smallest absolute Gasteiger partial charge is 0.464 e. The van der Waals surface area contributed by atoms with Gasteiger partial charge in [-0.2, -0.15) is 13.2 Å². The molecule has 0 radical (unpaired) electrons. The van der Waals surface area contributed by atoms with E-state index in [1.807, 2.05) is 0 Å². The number of carbonyl (C=O) groups is 1. The van der Waals surface area contributed by atoms with Crippen LogP contribution in [0.1, 0.15) is 6.92 Å². The number of rotatable bonds is 1. The topological polar surface area (TPSA) is 26.3 Å². The molecule has 0 aliphatic rings. The molecule has 52 valence electrons. The summed E-state index contributed by atoms with van der Waals surface area (Å²) in [6.07, 6.45) is -4.41. The van der Waals surface area contributed by atoms with Crippen LogP contribution in [0.2, 0.25) is 0 Å². The van der Waals surface area contributed by atoms with Gasteiger partial charge >= 0.3 is 13.6 Å². The van der Waals surface area contributed by atoms with Crippen LogP contribution >= 0.6 is 0 Å². The first-order valence-electron chi connectivity index (χ1n) is 2.12. The molecule has 6 heteroatoms. The fraction of sp³-hybridized carbons (Fsp3) is 0.667. The van der Waals surface area contributed by atoms with Crippen LogP contribution in [-0.4, -0.2) is 19.5 Å². The second-order valence-electron chi connectivity index (χ2n) is 1.40. The van der Waals surface area contributed by atoms with Crippen molar-refractivity contribution in [1.82, 2.24) is 0 Å². The summed E-state index contributed by atoms with van der Waals surface area (Å²) >= 11 is 0. The Bertz CT molecular complexity index is 110. The Morgan fingerprint density at radius 3 is 2.11 bits per heavy atom. The molecular formula is C3H4BF3O2. The van der Waals surface area contributed by atoms with Gasteiger partial charge in [0.05, 0.1) is 0 Å². The summed E-state index contributed by atoms with van der Waals surface area (Å²) in [6, 6.07) is 0. The van der Waals surface area contributed by atoms with Crippen LogP contribution < -0.4 is 0 Å². The molecule has 0 N–H and O–H groups in total. The van der Waals surface area contributed by atoms with Gasteiger partial charge in [-0.3, -0.25) is 4.79 Å². The van der Waals surface area contributed by atoms with E-state index in [-0.39, 0.29) is 0 Å². The number of hydrogen-bond acceptors (Lipinski definition) is 2. The van der Waals surface area contributed by atoms with Crippen LogP contribution in [-0.2, 0) is 9.45 Å². The zero-order chi connectivity index (χ0) is 7.49. The normalized spacial score (nSPS) is 10.7. The maximum Gasteiger partial charge on any atom is 0.464 e. The van der Waals surface area contributed by atoms with Crippen molar-refractivity contribution in [3.8, 4) is 0 Å². The minimum absolute atomic E-state index is 0.922. The van der Waals surface area contributed by atoms with Gasteiger partial charge < -0.3 is 4.65 Å². The molecule has 0 bridgehead atoms. The third-order valence-corrected chi connectivity index (χ3v) is 0.439. The summed E-state index contributed by atoms with van der Waals surface area (Å²) in [6.45, 7) is 0.922. The first-order valence-corrected chi connectivity index (χ1v) is 2.12. The van der Waals surface area contributed by atoms with E-state index in [1.54, 1.807) is 0 Å². The van der Waals surface area contributed by atoms with Gasteiger partial charge in [-0.25, -0.2) is 0 Å². The van der Waals surface area contributed by atoms with Crippen molar-refractivity contribution >= 4 is 13.5 Å². The summed E-state index contributed by atoms with van der Waals surface area (Å²) in [5.74, 6) is -0.924. The Balaban J connectivity index is 3.39. The monoisotopic (exact) mass is 140 g/mol. The Morgan fingerprint density at radius 1 is 1.56 bits per heavy atom. The van der Waals surface area contributed by atoms with Gasteiger partial charge in [0.1, 0.15) is 0 Å². The lowest BCUT2D eigenvalue weighted by Crippen LogP contribution is -2.23. The van der Waals surface area contributed by atoms with Crippen LogP contribution in [0.4, 0.5) is 13.2 Å². The van der Waals surface area contributed by atoms with Gasteiger partial charge in [-0.15, -0.1) is 0 Å². The molecule has 0 rings (SSSR count). The molecule has 9 heavy (non-hydrogen) atoms. The van der Waals surface area contributed by atoms with Gasteiger partial charge in [-0.1, -0.05) is 0 Å². The molecule has 0 aliphatic heterocycles. The third-order valence-electron chi connectivity index (χ3n) is 0.439. The molecule has 0 saturated carbocycles. The molecule has 0 spiro atoms. The van der Waals surface area contributed by atoms with Crippen LogP contribution in [0.3, 0.4) is 0 Å². The molecule has 0 amide bonds. The Kier molecular flexibility index (Phi) is 2.54. The summed E-state index contributed by atoms with van der Waals surface area (Å²) in [5.41, 5.74) is 0. The molecule has 0 aromatic heterocycles. The van der Waals surface area contributed by atoms with Gasteiger partial charge in [0.2, 0.25) is 0 Å². The highest BCUT2D eigenvalue weighted by molar-refractivity contribution is 6.32. The maximum absolute atomic E-state index is 11.1. The highest BCUT2D eigenvalue weighted by Crippen LogP contribution is 2.11. The van der Waals surface area contributed by atoms with Crippen molar-refractivity contribution in [2.45, 2.75) is 13.0 Å². The van der Waals surface area contributed by atoms with Crippen LogP contribution in [0.5, 0.6) is 0 Å². The first-order chi connectivity index (χ1) is 3.92. The zero-order valence-corrected chi connectivity index (χ0v) is 4.66. The highest BCUT2D eigenvalue weighted by Gasteiger charge is 2.32. The number of halogens is 3. The first kappa shape index (κ1) is 8.32. The van der Waals surface area contributed by atoms with Crippen molar-refractivity contribution < 1.29 is 22.6 Å². The molecule has 0 aliphatic carbocycles. The summed E-state index contributed by atoms with van der Waals surface area (Å²) in [5, 5.41) is 0. The second kappa shape index (κ2) is 2.75. The molecule has 0 heterocycles. The summed E-state index contributed by atoms with van der Waals surface area (Å²) in [7, 11) is -1.50. The van der Waals surface area contributed by atoms with Crippen molar-refractivity contribution in [3.63, 3.8) is 0 Å². The van der Waals surface area contributed by atoms with E-state index in [0.29, 0.717) is 0 Å². The minimum atomic E-state index is -4.41. The fourth-order valence-corrected chi connectivity index (χ4v) is 0.183. The average molecular weight is 140 g/mol. The van der Waals surface area contributed by atoms with Crippen LogP contribution in [0.15, 0.2) is 0 Å². The Morgan fingerprint density at radius 2 is 2.00 bits per heavy atom. The lowest BCUT2D eigenvalue weighted by atomic mass is 10.0. The van der Waals surface area contributed by atoms with Crippen LogP contribution in [0, 0.1) is 0 Å². The van der Waals surface area contributed by atoms with E-state index in [0.717, 1.165) is 6.92 Å². The Hall–Kier alpha value is -0.675. The predicted octanol–water partition coefficient (Wildman–Crippen LogP) is 0.421. The van der Waals surface area contributed by atoms with Crippen molar-refractivity contribution in [1.29, 1.82) is 0 Å². The predicted molar refractivity (Wildman–Crippen MR) is 25.0 cm³/mol. The van der Waals surface area contributed by atoms with E-state index in [9.17, 15) is 18.0 Å². The van der Waals surface area contributed by atoms with Gasteiger partial charge in [0.25, 0.3) is 5.97 Å². The van der Waals surface area contributed by atoms with Crippen molar-refractivity contribution in [2.24, 2.45) is 0 Å². The largest absolute Gasteiger partial charge is 0.529 e. The van der Waals surface area contributed by atoms with E-state index >= 15 is 0 Å². The van der Waals surface area contributed by atoms with Gasteiger partial charge in [0, 0.05) is 6.92 Å². The fourth-order valence-electron chi connectivity index (χ4n) is 0.183. The molecule has 0 atom stereocenters. The zero-order valence-electron chi connectivity index (χ0n) is 4.66. The lowest BCUT2D eigenvalue weighted by molar-refractivity contribution is -0.135. The highest BCUT2D eigenvalue weighted by atomic mass is 19.4. The van der Waals surface area contributed by atoms with E-state index in [4.69, 9.17) is 0 Å². The summed E-state index contributed by atoms with van der Waals surface area (Å²) < 4.78 is 37.1.